The van der Waals surface area contributed by atoms with Crippen LogP contribution in [0.5, 0.6) is 5.88 Å². The molecule has 2 rings (SSSR count). The second-order valence-corrected chi connectivity index (χ2v) is 3.65. The summed E-state index contributed by atoms with van der Waals surface area (Å²) in [5.74, 6) is -0.777. The number of hydrogen-bond donors (Lipinski definition) is 0. The molecule has 3 nitrogen and oxygen atoms in total. The predicted octanol–water partition coefficient (Wildman–Crippen LogP) is 3.54. The molecule has 94 valence electrons. The maximum absolute atomic E-state index is 12.8. The van der Waals surface area contributed by atoms with Crippen molar-refractivity contribution in [3.05, 3.63) is 41.4 Å². The molecule has 0 aliphatic rings. The molecule has 7 heteroatoms. The first-order chi connectivity index (χ1) is 8.56. The van der Waals surface area contributed by atoms with Crippen molar-refractivity contribution in [1.29, 1.82) is 0 Å². The number of hydrogen-bond acceptors (Lipinski definition) is 3. The Hall–Kier alpha value is -1.82. The van der Waals surface area contributed by atoms with E-state index in [1.54, 1.807) is 0 Å². The molecule has 1 heterocycles. The van der Waals surface area contributed by atoms with E-state index in [9.17, 15) is 13.2 Å². The molecule has 2 aromatic rings. The Balaban J connectivity index is 2.28. The molecule has 0 aliphatic heterocycles. The van der Waals surface area contributed by atoms with Crippen molar-refractivity contribution in [3.63, 3.8) is 0 Å². The van der Waals surface area contributed by atoms with E-state index in [0.29, 0.717) is 11.3 Å². The fourth-order valence-corrected chi connectivity index (χ4v) is 1.57. The van der Waals surface area contributed by atoms with E-state index in [2.05, 4.69) is 14.7 Å². The van der Waals surface area contributed by atoms with Gasteiger partial charge in [-0.1, -0.05) is 11.6 Å². The average molecular weight is 275 g/mol. The Kier molecular flexibility index (Phi) is 3.66. The second-order valence-electron chi connectivity index (χ2n) is 3.24. The summed E-state index contributed by atoms with van der Waals surface area (Å²) in [7, 11) is 0. The predicted molar refractivity (Wildman–Crippen MR) is 59.1 cm³/mol. The highest BCUT2D eigenvalue weighted by Gasteiger charge is 2.09. The molecular weight excluding hydrogens is 269 g/mol. The summed E-state index contributed by atoms with van der Waals surface area (Å²) in [6.45, 7) is -2.96. The van der Waals surface area contributed by atoms with E-state index < -0.39 is 12.4 Å². The van der Waals surface area contributed by atoms with Crippen LogP contribution >= 0.6 is 11.6 Å². The van der Waals surface area contributed by atoms with Crippen LogP contribution in [0.25, 0.3) is 11.3 Å². The Morgan fingerprint density at radius 2 is 1.94 bits per heavy atom. The van der Waals surface area contributed by atoms with Crippen LogP contribution in [0.4, 0.5) is 13.2 Å². The van der Waals surface area contributed by atoms with Crippen molar-refractivity contribution in [3.8, 4) is 17.1 Å². The zero-order valence-electron chi connectivity index (χ0n) is 8.78. The molecule has 0 saturated carbocycles. The van der Waals surface area contributed by atoms with Crippen LogP contribution in [0.1, 0.15) is 0 Å². The van der Waals surface area contributed by atoms with Gasteiger partial charge in [-0.25, -0.2) is 14.4 Å². The maximum atomic E-state index is 12.8. The highest BCUT2D eigenvalue weighted by molar-refractivity contribution is 6.33. The van der Waals surface area contributed by atoms with Gasteiger partial charge in [-0.3, -0.25) is 0 Å². The summed E-state index contributed by atoms with van der Waals surface area (Å²) in [4.78, 5) is 7.51. The Labute approximate surface area is 105 Å². The molecule has 18 heavy (non-hydrogen) atoms. The standard InChI is InChI=1S/C11H6ClF3N2O/c12-8-3-6(13)1-2-7(8)9-4-17-10(5-16-9)18-11(14)15/h1-5,11H. The van der Waals surface area contributed by atoms with Gasteiger partial charge in [-0.05, 0) is 18.2 Å². The molecular formula is C11H6ClF3N2O. The summed E-state index contributed by atoms with van der Waals surface area (Å²) in [5.41, 5.74) is 0.788. The minimum atomic E-state index is -2.96. The fourth-order valence-electron chi connectivity index (χ4n) is 1.30. The van der Waals surface area contributed by atoms with Gasteiger partial charge in [0.05, 0.1) is 23.1 Å². The van der Waals surface area contributed by atoms with Crippen LogP contribution in [-0.2, 0) is 0 Å². The van der Waals surface area contributed by atoms with Gasteiger partial charge in [0.1, 0.15) is 5.82 Å². The summed E-state index contributed by atoms with van der Waals surface area (Å²) in [5, 5.41) is 0.159. The van der Waals surface area contributed by atoms with E-state index in [1.165, 1.54) is 18.3 Å². The van der Waals surface area contributed by atoms with Crippen molar-refractivity contribution in [2.45, 2.75) is 6.61 Å². The second kappa shape index (κ2) is 5.22. The first-order valence-corrected chi connectivity index (χ1v) is 5.16. The van der Waals surface area contributed by atoms with Crippen LogP contribution in [0.3, 0.4) is 0 Å². The van der Waals surface area contributed by atoms with Gasteiger partial charge in [-0.2, -0.15) is 8.78 Å². The average Bonchev–Trinajstić information content (AvgIpc) is 2.30. The molecule has 0 N–H and O–H groups in total. The minimum Gasteiger partial charge on any atom is -0.415 e. The van der Waals surface area contributed by atoms with Crippen molar-refractivity contribution in [2.75, 3.05) is 0 Å². The van der Waals surface area contributed by atoms with Crippen molar-refractivity contribution >= 4 is 11.6 Å². The smallest absolute Gasteiger partial charge is 0.388 e. The maximum Gasteiger partial charge on any atom is 0.388 e. The molecule has 0 bridgehead atoms. The summed E-state index contributed by atoms with van der Waals surface area (Å²) < 4.78 is 40.7. The summed E-state index contributed by atoms with van der Waals surface area (Å²) in [6.07, 6.45) is 2.26. The third-order valence-corrected chi connectivity index (χ3v) is 2.36. The number of rotatable bonds is 3. The molecule has 0 aliphatic carbocycles. The lowest BCUT2D eigenvalue weighted by Crippen LogP contribution is -2.04. The highest BCUT2D eigenvalue weighted by Crippen LogP contribution is 2.27. The van der Waals surface area contributed by atoms with Crippen molar-refractivity contribution in [2.24, 2.45) is 0 Å². The Morgan fingerprint density at radius 3 is 2.50 bits per heavy atom. The molecule has 0 radical (unpaired) electrons. The Morgan fingerprint density at radius 1 is 1.17 bits per heavy atom. The van der Waals surface area contributed by atoms with Gasteiger partial charge in [0, 0.05) is 5.56 Å². The minimum absolute atomic E-state index is 0.159. The lowest BCUT2D eigenvalue weighted by molar-refractivity contribution is -0.0530. The van der Waals surface area contributed by atoms with Gasteiger partial charge >= 0.3 is 6.61 Å². The number of aromatic nitrogens is 2. The molecule has 0 unspecified atom stereocenters. The van der Waals surface area contributed by atoms with Crippen molar-refractivity contribution < 1.29 is 17.9 Å². The third-order valence-electron chi connectivity index (χ3n) is 2.05. The van der Waals surface area contributed by atoms with Crippen LogP contribution in [0.2, 0.25) is 5.02 Å². The molecule has 0 spiro atoms. The number of benzene rings is 1. The summed E-state index contributed by atoms with van der Waals surface area (Å²) >= 11 is 5.83. The van der Waals surface area contributed by atoms with Crippen molar-refractivity contribution in [1.82, 2.24) is 9.97 Å². The van der Waals surface area contributed by atoms with E-state index in [4.69, 9.17) is 11.6 Å². The van der Waals surface area contributed by atoms with E-state index >= 15 is 0 Å². The SMILES string of the molecule is Fc1ccc(-c2cnc(OC(F)F)cn2)c(Cl)c1. The van der Waals surface area contributed by atoms with Gasteiger partial charge < -0.3 is 4.74 Å². The number of alkyl halides is 2. The molecule has 0 saturated heterocycles. The Bertz CT molecular complexity index is 548. The number of halogens is 4. The zero-order valence-corrected chi connectivity index (χ0v) is 9.53. The normalized spacial score (nSPS) is 10.7. The van der Waals surface area contributed by atoms with Gasteiger partial charge in [-0.15, -0.1) is 0 Å². The van der Waals surface area contributed by atoms with Gasteiger partial charge in [0.25, 0.3) is 0 Å². The molecule has 0 fully saturated rings. The third kappa shape index (κ3) is 2.89. The van der Waals surface area contributed by atoms with E-state index in [1.807, 2.05) is 0 Å². The first-order valence-electron chi connectivity index (χ1n) is 4.78. The topological polar surface area (TPSA) is 35.0 Å². The number of nitrogens with zero attached hydrogens (tertiary/aromatic N) is 2. The monoisotopic (exact) mass is 274 g/mol. The lowest BCUT2D eigenvalue weighted by Gasteiger charge is -2.05. The van der Waals surface area contributed by atoms with E-state index in [0.717, 1.165) is 12.3 Å². The van der Waals surface area contributed by atoms with Crippen LogP contribution in [-0.4, -0.2) is 16.6 Å². The van der Waals surface area contributed by atoms with Crippen LogP contribution in [0.15, 0.2) is 30.6 Å². The quantitative estimate of drug-likeness (QED) is 0.859. The fraction of sp³-hybridized carbons (Fsp3) is 0.0909. The molecule has 1 aromatic carbocycles. The van der Waals surface area contributed by atoms with Crippen LogP contribution < -0.4 is 4.74 Å². The first kappa shape index (κ1) is 12.6. The zero-order chi connectivity index (χ0) is 13.1. The largest absolute Gasteiger partial charge is 0.415 e. The van der Waals surface area contributed by atoms with Crippen LogP contribution in [0, 0.1) is 5.82 Å². The summed E-state index contributed by atoms with van der Waals surface area (Å²) in [6, 6.07) is 3.77. The molecule has 0 atom stereocenters. The van der Waals surface area contributed by atoms with Gasteiger partial charge in [0.2, 0.25) is 5.88 Å². The lowest BCUT2D eigenvalue weighted by atomic mass is 10.1. The molecule has 1 aromatic heterocycles. The molecule has 0 amide bonds. The number of ether oxygens (including phenoxy) is 1. The van der Waals surface area contributed by atoms with Gasteiger partial charge in [0.15, 0.2) is 0 Å². The highest BCUT2D eigenvalue weighted by atomic mass is 35.5. The van der Waals surface area contributed by atoms with E-state index in [-0.39, 0.29) is 10.9 Å².